The van der Waals surface area contributed by atoms with E-state index in [1.807, 2.05) is 0 Å². The van der Waals surface area contributed by atoms with Gasteiger partial charge in [-0.15, -0.1) is 0 Å². The molecule has 0 unspecified atom stereocenters. The van der Waals surface area contributed by atoms with E-state index in [4.69, 9.17) is 24.1 Å². The number of aliphatic hydroxyl groups is 7. The second-order valence-electron chi connectivity index (χ2n) is 6.92. The number of carboxylic acid groups (broad SMARTS) is 1. The van der Waals surface area contributed by atoms with Gasteiger partial charge in [0.2, 0.25) is 5.79 Å². The largest absolute Gasteiger partial charge is 0.481 e. The first kappa shape index (κ1) is 28.2. The Balaban J connectivity index is 0.00000480. The van der Waals surface area contributed by atoms with Gasteiger partial charge in [-0.05, 0) is 0 Å². The van der Waals surface area contributed by atoms with Gasteiger partial charge in [-0.25, -0.2) is 0 Å². The van der Waals surface area contributed by atoms with Crippen LogP contribution in [0, 0.1) is 0 Å². The van der Waals surface area contributed by atoms with Gasteiger partial charge in [-0.2, -0.15) is 0 Å². The van der Waals surface area contributed by atoms with Crippen molar-refractivity contribution >= 4 is 11.9 Å². The maximum absolute atomic E-state index is 12.0. The summed E-state index contributed by atoms with van der Waals surface area (Å²) < 4.78 is 20.9. The van der Waals surface area contributed by atoms with Crippen molar-refractivity contribution in [1.29, 1.82) is 0 Å². The molecule has 2 heterocycles. The first-order valence-corrected chi connectivity index (χ1v) is 9.07. The Kier molecular flexibility index (Phi) is 10.8. The molecule has 2 rings (SSSR count). The zero-order valence-electron chi connectivity index (χ0n) is 16.4. The van der Waals surface area contributed by atoms with Gasteiger partial charge in [0.1, 0.15) is 43.2 Å². The maximum Gasteiger partial charge on any atom is 0.306 e. The van der Waals surface area contributed by atoms with Crippen molar-refractivity contribution in [3.8, 4) is 0 Å². The Bertz CT molecular complexity index is 605. The standard InChI is InChI=1S/C16H26O14.Zn/c17-3-6-10(23)12(25)13(26)15(27-6)30-16(5-19)14(11(24)7(4-18)29-16)28-9(22)2-1-8(20)21;/h6-7,10-15,17-19,23-26H,1-5H2,(H,20,21);/t6-,7-,10-,11-,12+,13-,14+,15-,16+;/m1./s1. The molecule has 2 aliphatic heterocycles. The molecule has 0 amide bonds. The smallest absolute Gasteiger partial charge is 0.306 e. The number of esters is 1. The monoisotopic (exact) mass is 506 g/mol. The zero-order chi connectivity index (χ0) is 22.6. The van der Waals surface area contributed by atoms with Gasteiger partial charge in [-0.1, -0.05) is 0 Å². The Hall–Kier alpha value is -0.837. The molecule has 0 aliphatic carbocycles. The van der Waals surface area contributed by atoms with Crippen LogP contribution in [0.3, 0.4) is 0 Å². The summed E-state index contributed by atoms with van der Waals surface area (Å²) >= 11 is 0. The molecule has 176 valence electrons. The van der Waals surface area contributed by atoms with Crippen molar-refractivity contribution in [3.05, 3.63) is 0 Å². The van der Waals surface area contributed by atoms with Gasteiger partial charge in [0, 0.05) is 19.5 Å². The van der Waals surface area contributed by atoms with Crippen molar-refractivity contribution < 1.29 is 88.9 Å². The van der Waals surface area contributed by atoms with E-state index in [1.165, 1.54) is 0 Å². The second kappa shape index (κ2) is 11.9. The molecule has 2 saturated heterocycles. The van der Waals surface area contributed by atoms with Crippen LogP contribution in [0.15, 0.2) is 0 Å². The summed E-state index contributed by atoms with van der Waals surface area (Å²) in [5, 5.41) is 77.3. The number of ether oxygens (including phenoxy) is 4. The third kappa shape index (κ3) is 6.15. The predicted octanol–water partition coefficient (Wildman–Crippen LogP) is -4.98. The molecule has 0 bridgehead atoms. The van der Waals surface area contributed by atoms with Crippen molar-refractivity contribution in [2.75, 3.05) is 19.8 Å². The average molecular weight is 508 g/mol. The topological polar surface area (TPSA) is 233 Å². The number of aliphatic carboxylic acids is 1. The van der Waals surface area contributed by atoms with E-state index in [1.54, 1.807) is 0 Å². The summed E-state index contributed by atoms with van der Waals surface area (Å²) in [4.78, 5) is 22.6. The van der Waals surface area contributed by atoms with E-state index in [0.717, 1.165) is 0 Å². The summed E-state index contributed by atoms with van der Waals surface area (Å²) in [5.74, 6) is -4.76. The molecule has 15 heteroatoms. The third-order valence-corrected chi connectivity index (χ3v) is 4.84. The number of aliphatic hydroxyl groups excluding tert-OH is 7. The Morgan fingerprint density at radius 3 is 2.00 bits per heavy atom. The second-order valence-corrected chi connectivity index (χ2v) is 6.92. The predicted molar refractivity (Wildman–Crippen MR) is 89.4 cm³/mol. The Morgan fingerprint density at radius 2 is 1.48 bits per heavy atom. The van der Waals surface area contributed by atoms with Crippen LogP contribution in [0.5, 0.6) is 0 Å². The molecular weight excluding hydrogens is 482 g/mol. The molecule has 0 aromatic heterocycles. The first-order valence-electron chi connectivity index (χ1n) is 9.07. The van der Waals surface area contributed by atoms with E-state index in [9.17, 15) is 45.3 Å². The summed E-state index contributed by atoms with van der Waals surface area (Å²) in [6.45, 7) is -2.65. The molecule has 2 fully saturated rings. The van der Waals surface area contributed by atoms with Crippen LogP contribution in [0.4, 0.5) is 0 Å². The van der Waals surface area contributed by atoms with Crippen LogP contribution in [0.1, 0.15) is 12.8 Å². The summed E-state index contributed by atoms with van der Waals surface area (Å²) in [6.07, 6.45) is -14.7. The third-order valence-electron chi connectivity index (χ3n) is 4.84. The molecular formula is C16H26O14Zn. The fourth-order valence-electron chi connectivity index (χ4n) is 3.18. The summed E-state index contributed by atoms with van der Waals surface area (Å²) in [6, 6.07) is 0. The number of carbonyl (C=O) groups is 2. The maximum atomic E-state index is 12.0. The minimum absolute atomic E-state index is 0. The average Bonchev–Trinajstić information content (AvgIpc) is 2.98. The van der Waals surface area contributed by atoms with E-state index < -0.39 is 99.4 Å². The Morgan fingerprint density at radius 1 is 0.871 bits per heavy atom. The molecule has 8 N–H and O–H groups in total. The van der Waals surface area contributed by atoms with Crippen LogP contribution in [-0.2, 0) is 48.0 Å². The van der Waals surface area contributed by atoms with Gasteiger partial charge in [0.15, 0.2) is 12.4 Å². The molecule has 14 nitrogen and oxygen atoms in total. The number of carbonyl (C=O) groups excluding carboxylic acids is 1. The summed E-state index contributed by atoms with van der Waals surface area (Å²) in [5.41, 5.74) is 0. The minimum Gasteiger partial charge on any atom is -0.481 e. The normalized spacial score (nSPS) is 40.2. The SMILES string of the molecule is O=C(O)CCC(=O)O[C@H]1[C@H](O)[C@@H](CO)O[C@@]1(CO)O[C@H]1O[C@H](CO)[C@@H](O)[C@H](O)[C@H]1O.[Zn]. The Labute approximate surface area is 188 Å². The number of carboxylic acids is 1. The van der Waals surface area contributed by atoms with Crippen molar-refractivity contribution in [2.24, 2.45) is 0 Å². The van der Waals surface area contributed by atoms with Crippen molar-refractivity contribution in [1.82, 2.24) is 0 Å². The van der Waals surface area contributed by atoms with Crippen LogP contribution < -0.4 is 0 Å². The van der Waals surface area contributed by atoms with Crippen LogP contribution in [0.25, 0.3) is 0 Å². The number of rotatable bonds is 9. The minimum atomic E-state index is -2.39. The van der Waals surface area contributed by atoms with Gasteiger partial charge < -0.3 is 59.8 Å². The van der Waals surface area contributed by atoms with Crippen molar-refractivity contribution in [3.63, 3.8) is 0 Å². The molecule has 31 heavy (non-hydrogen) atoms. The van der Waals surface area contributed by atoms with Crippen LogP contribution >= 0.6 is 0 Å². The molecule has 2 aliphatic rings. The van der Waals surface area contributed by atoms with Gasteiger partial charge >= 0.3 is 11.9 Å². The fourth-order valence-corrected chi connectivity index (χ4v) is 3.18. The van der Waals surface area contributed by atoms with E-state index in [-0.39, 0.29) is 19.5 Å². The molecule has 9 atom stereocenters. The molecule has 0 aromatic carbocycles. The zero-order valence-corrected chi connectivity index (χ0v) is 19.4. The van der Waals surface area contributed by atoms with E-state index >= 15 is 0 Å². The molecule has 0 radical (unpaired) electrons. The fraction of sp³-hybridized carbons (Fsp3) is 0.875. The first-order chi connectivity index (χ1) is 14.1. The van der Waals surface area contributed by atoms with E-state index in [0.29, 0.717) is 0 Å². The van der Waals surface area contributed by atoms with Crippen LogP contribution in [-0.4, -0.2) is 127 Å². The van der Waals surface area contributed by atoms with Crippen molar-refractivity contribution in [2.45, 2.75) is 67.6 Å². The van der Waals surface area contributed by atoms with E-state index in [2.05, 4.69) is 0 Å². The summed E-state index contributed by atoms with van der Waals surface area (Å²) in [7, 11) is 0. The van der Waals surface area contributed by atoms with Gasteiger partial charge in [0.25, 0.3) is 0 Å². The van der Waals surface area contributed by atoms with Gasteiger partial charge in [-0.3, -0.25) is 9.59 Å². The van der Waals surface area contributed by atoms with Gasteiger partial charge in [0.05, 0.1) is 26.1 Å². The quantitative estimate of drug-likeness (QED) is 0.108. The molecule has 0 aromatic rings. The number of hydrogen-bond donors (Lipinski definition) is 8. The van der Waals surface area contributed by atoms with Crippen LogP contribution in [0.2, 0.25) is 0 Å². The number of hydrogen-bond acceptors (Lipinski definition) is 13. The molecule has 0 saturated carbocycles. The molecule has 0 spiro atoms.